The Morgan fingerprint density at radius 2 is 1.71 bits per heavy atom. The summed E-state index contributed by atoms with van der Waals surface area (Å²) >= 11 is 0. The first kappa shape index (κ1) is 11.1. The Hall–Kier alpha value is -0.960. The summed E-state index contributed by atoms with van der Waals surface area (Å²) in [4.78, 5) is 8.93. The van der Waals surface area contributed by atoms with Gasteiger partial charge >= 0.3 is 0 Å². The minimum atomic E-state index is 0.911. The quantitative estimate of drug-likeness (QED) is 0.786. The summed E-state index contributed by atoms with van der Waals surface area (Å²) in [6.07, 6.45) is 1.92. The van der Waals surface area contributed by atoms with Crippen LogP contribution in [0.4, 0.5) is 0 Å². The van der Waals surface area contributed by atoms with Crippen molar-refractivity contribution in [3.8, 4) is 0 Å². The van der Waals surface area contributed by atoms with Crippen molar-refractivity contribution >= 4 is 0 Å². The summed E-state index contributed by atoms with van der Waals surface area (Å²) in [5.74, 6) is 0.952. The summed E-state index contributed by atoms with van der Waals surface area (Å²) in [5.41, 5.74) is 3.55. The van der Waals surface area contributed by atoms with Gasteiger partial charge in [-0.3, -0.25) is 0 Å². The molecule has 0 aromatic carbocycles. The molecular formula is C11H19N3. The Bertz CT molecular complexity index is 284. The molecule has 0 atom stereocenters. The van der Waals surface area contributed by atoms with Crippen LogP contribution in [0, 0.1) is 13.8 Å². The molecule has 0 fully saturated rings. The van der Waals surface area contributed by atoms with E-state index in [9.17, 15) is 0 Å². The van der Waals surface area contributed by atoms with Crippen LogP contribution < -0.4 is 5.32 Å². The van der Waals surface area contributed by atoms with Crippen LogP contribution in [-0.4, -0.2) is 23.6 Å². The highest BCUT2D eigenvalue weighted by Gasteiger charge is 2.06. The number of aromatic nitrogens is 2. The van der Waals surface area contributed by atoms with Crippen LogP contribution in [0.2, 0.25) is 0 Å². The van der Waals surface area contributed by atoms with Gasteiger partial charge in [0, 0.05) is 17.8 Å². The Labute approximate surface area is 86.0 Å². The maximum atomic E-state index is 4.47. The molecule has 0 spiro atoms. The fourth-order valence-electron chi connectivity index (χ4n) is 1.58. The molecule has 3 heteroatoms. The second-order valence-electron chi connectivity index (χ2n) is 3.50. The maximum absolute atomic E-state index is 4.47. The molecule has 78 valence electrons. The molecule has 0 amide bonds. The second kappa shape index (κ2) is 5.05. The fraction of sp³-hybridized carbons (Fsp3) is 0.636. The zero-order chi connectivity index (χ0) is 10.6. The van der Waals surface area contributed by atoms with Crippen molar-refractivity contribution in [1.29, 1.82) is 0 Å². The van der Waals surface area contributed by atoms with Crippen LogP contribution in [0.25, 0.3) is 0 Å². The molecule has 1 heterocycles. The molecule has 0 radical (unpaired) electrons. The first-order valence-corrected chi connectivity index (χ1v) is 5.16. The monoisotopic (exact) mass is 193 g/mol. The standard InChI is InChI=1S/C11H19N3/c1-5-11-13-8(2)10(6-7-12-4)9(3)14-11/h12H,5-7H2,1-4H3. The first-order chi connectivity index (χ1) is 6.69. The van der Waals surface area contributed by atoms with E-state index < -0.39 is 0 Å². The van der Waals surface area contributed by atoms with Crippen LogP contribution in [0.15, 0.2) is 0 Å². The van der Waals surface area contributed by atoms with Crippen molar-refractivity contribution in [3.63, 3.8) is 0 Å². The van der Waals surface area contributed by atoms with Gasteiger partial charge in [0.15, 0.2) is 0 Å². The van der Waals surface area contributed by atoms with Gasteiger partial charge in [0.25, 0.3) is 0 Å². The van der Waals surface area contributed by atoms with Gasteiger partial charge in [-0.25, -0.2) is 9.97 Å². The smallest absolute Gasteiger partial charge is 0.128 e. The van der Waals surface area contributed by atoms with E-state index in [2.05, 4.69) is 36.1 Å². The van der Waals surface area contributed by atoms with Crippen LogP contribution in [0.5, 0.6) is 0 Å². The number of rotatable bonds is 4. The summed E-state index contributed by atoms with van der Waals surface area (Å²) in [5, 5.41) is 3.14. The number of hydrogen-bond acceptors (Lipinski definition) is 3. The van der Waals surface area contributed by atoms with E-state index in [0.29, 0.717) is 0 Å². The van der Waals surface area contributed by atoms with E-state index in [-0.39, 0.29) is 0 Å². The highest BCUT2D eigenvalue weighted by molar-refractivity contribution is 5.24. The first-order valence-electron chi connectivity index (χ1n) is 5.16. The van der Waals surface area contributed by atoms with Gasteiger partial charge in [-0.1, -0.05) is 6.92 Å². The van der Waals surface area contributed by atoms with E-state index >= 15 is 0 Å². The molecular weight excluding hydrogens is 174 g/mol. The normalized spacial score (nSPS) is 10.6. The van der Waals surface area contributed by atoms with Gasteiger partial charge in [-0.15, -0.1) is 0 Å². The lowest BCUT2D eigenvalue weighted by molar-refractivity contribution is 0.764. The molecule has 0 aliphatic heterocycles. The van der Waals surface area contributed by atoms with Gasteiger partial charge in [0.1, 0.15) is 5.82 Å². The molecule has 0 aliphatic rings. The molecule has 14 heavy (non-hydrogen) atoms. The largest absolute Gasteiger partial charge is 0.319 e. The van der Waals surface area contributed by atoms with Crippen LogP contribution in [0.1, 0.15) is 29.7 Å². The van der Waals surface area contributed by atoms with Crippen LogP contribution >= 0.6 is 0 Å². The van der Waals surface area contributed by atoms with Crippen molar-refractivity contribution in [2.45, 2.75) is 33.6 Å². The Kier molecular flexibility index (Phi) is 4.01. The topological polar surface area (TPSA) is 37.8 Å². The van der Waals surface area contributed by atoms with E-state index in [4.69, 9.17) is 0 Å². The third-order valence-corrected chi connectivity index (χ3v) is 2.41. The minimum Gasteiger partial charge on any atom is -0.319 e. The van der Waals surface area contributed by atoms with Gasteiger partial charge in [-0.05, 0) is 39.4 Å². The molecule has 1 aromatic rings. The van der Waals surface area contributed by atoms with Crippen LogP contribution in [0.3, 0.4) is 0 Å². The zero-order valence-corrected chi connectivity index (χ0v) is 9.52. The average molecular weight is 193 g/mol. The maximum Gasteiger partial charge on any atom is 0.128 e. The zero-order valence-electron chi connectivity index (χ0n) is 9.52. The van der Waals surface area contributed by atoms with Crippen molar-refractivity contribution in [1.82, 2.24) is 15.3 Å². The number of aryl methyl sites for hydroxylation is 3. The van der Waals surface area contributed by atoms with Gasteiger partial charge < -0.3 is 5.32 Å². The lowest BCUT2D eigenvalue weighted by Crippen LogP contribution is -2.14. The highest BCUT2D eigenvalue weighted by atomic mass is 14.9. The van der Waals surface area contributed by atoms with Crippen molar-refractivity contribution < 1.29 is 0 Å². The van der Waals surface area contributed by atoms with Gasteiger partial charge in [0.2, 0.25) is 0 Å². The van der Waals surface area contributed by atoms with Crippen LogP contribution in [-0.2, 0) is 12.8 Å². The third kappa shape index (κ3) is 2.51. The number of likely N-dealkylation sites (N-methyl/N-ethyl adjacent to an activating group) is 1. The van der Waals surface area contributed by atoms with E-state index in [1.165, 1.54) is 5.56 Å². The van der Waals surface area contributed by atoms with Gasteiger partial charge in [0.05, 0.1) is 0 Å². The SMILES string of the molecule is CCc1nc(C)c(CCNC)c(C)n1. The molecule has 0 bridgehead atoms. The molecule has 0 saturated carbocycles. The summed E-state index contributed by atoms with van der Waals surface area (Å²) in [6, 6.07) is 0. The summed E-state index contributed by atoms with van der Waals surface area (Å²) in [6.45, 7) is 7.20. The lowest BCUT2D eigenvalue weighted by Gasteiger charge is -2.09. The summed E-state index contributed by atoms with van der Waals surface area (Å²) < 4.78 is 0. The van der Waals surface area contributed by atoms with Crippen molar-refractivity contribution in [2.75, 3.05) is 13.6 Å². The molecule has 0 saturated heterocycles. The van der Waals surface area contributed by atoms with Gasteiger partial charge in [-0.2, -0.15) is 0 Å². The molecule has 0 aliphatic carbocycles. The Morgan fingerprint density at radius 3 is 2.14 bits per heavy atom. The predicted octanol–water partition coefficient (Wildman–Crippen LogP) is 1.42. The molecule has 3 nitrogen and oxygen atoms in total. The number of hydrogen-bond donors (Lipinski definition) is 1. The lowest BCUT2D eigenvalue weighted by atomic mass is 10.1. The molecule has 0 unspecified atom stereocenters. The van der Waals surface area contributed by atoms with E-state index in [1.54, 1.807) is 0 Å². The second-order valence-corrected chi connectivity index (χ2v) is 3.50. The number of nitrogens with zero attached hydrogens (tertiary/aromatic N) is 2. The highest BCUT2D eigenvalue weighted by Crippen LogP contribution is 2.10. The predicted molar refractivity (Wildman–Crippen MR) is 58.5 cm³/mol. The summed E-state index contributed by atoms with van der Waals surface area (Å²) in [7, 11) is 1.96. The van der Waals surface area contributed by atoms with Crippen molar-refractivity contribution in [2.24, 2.45) is 0 Å². The fourth-order valence-corrected chi connectivity index (χ4v) is 1.58. The molecule has 1 N–H and O–H groups in total. The Morgan fingerprint density at radius 1 is 1.14 bits per heavy atom. The third-order valence-electron chi connectivity index (χ3n) is 2.41. The molecule has 1 aromatic heterocycles. The number of nitrogens with one attached hydrogen (secondary N) is 1. The minimum absolute atomic E-state index is 0.911. The van der Waals surface area contributed by atoms with E-state index in [1.807, 2.05) is 7.05 Å². The molecule has 1 rings (SSSR count). The van der Waals surface area contributed by atoms with Crippen molar-refractivity contribution in [3.05, 3.63) is 22.8 Å². The average Bonchev–Trinajstić information content (AvgIpc) is 2.16. The van der Waals surface area contributed by atoms with E-state index in [0.717, 1.165) is 36.6 Å². The Balaban J connectivity index is 2.93.